The first kappa shape index (κ1) is 13.1. The van der Waals surface area contributed by atoms with Gasteiger partial charge in [-0.3, -0.25) is 0 Å². The summed E-state index contributed by atoms with van der Waals surface area (Å²) >= 11 is 3.32. The molecular weight excluding hydrogens is 279 g/mol. The first-order valence-electron chi connectivity index (χ1n) is 6.33. The van der Waals surface area contributed by atoms with Crippen molar-refractivity contribution in [2.75, 3.05) is 0 Å². The molecule has 0 saturated heterocycles. The summed E-state index contributed by atoms with van der Waals surface area (Å²) < 4.78 is 13.1. The van der Waals surface area contributed by atoms with Gasteiger partial charge in [-0.1, -0.05) is 6.07 Å². The number of halogens is 1. The Morgan fingerprint density at radius 1 is 1.42 bits per heavy atom. The number of nitrogens with zero attached hydrogens (tertiary/aromatic N) is 1. The van der Waals surface area contributed by atoms with Crippen LogP contribution in [0.3, 0.4) is 0 Å². The van der Waals surface area contributed by atoms with Gasteiger partial charge in [-0.15, -0.1) is 23.1 Å². The third-order valence-corrected chi connectivity index (χ3v) is 5.36. The average Bonchev–Trinajstić information content (AvgIpc) is 3.17. The Morgan fingerprint density at radius 2 is 2.26 bits per heavy atom. The predicted molar refractivity (Wildman–Crippen MR) is 77.9 cm³/mol. The molecule has 3 rings (SSSR count). The molecule has 0 spiro atoms. The molecule has 1 aliphatic rings. The van der Waals surface area contributed by atoms with E-state index in [1.54, 1.807) is 35.2 Å². The van der Waals surface area contributed by atoms with Crippen LogP contribution in [0.5, 0.6) is 0 Å². The van der Waals surface area contributed by atoms with Crippen LogP contribution in [0.15, 0.2) is 29.2 Å². The van der Waals surface area contributed by atoms with Gasteiger partial charge in [0.25, 0.3) is 0 Å². The maximum absolute atomic E-state index is 13.1. The Kier molecular flexibility index (Phi) is 3.86. The number of benzene rings is 1. The van der Waals surface area contributed by atoms with Crippen molar-refractivity contribution in [3.05, 3.63) is 45.7 Å². The Morgan fingerprint density at radius 3 is 2.95 bits per heavy atom. The van der Waals surface area contributed by atoms with Crippen LogP contribution in [-0.4, -0.2) is 4.98 Å². The molecule has 2 N–H and O–H groups in total. The molecule has 0 radical (unpaired) electrons. The number of hydrogen-bond acceptors (Lipinski definition) is 4. The van der Waals surface area contributed by atoms with Gasteiger partial charge in [0.15, 0.2) is 0 Å². The van der Waals surface area contributed by atoms with Crippen molar-refractivity contribution >= 4 is 23.1 Å². The number of aromatic nitrogens is 1. The molecule has 2 aromatic rings. The number of nitrogens with two attached hydrogens (primary N) is 1. The average molecular weight is 294 g/mol. The van der Waals surface area contributed by atoms with Crippen molar-refractivity contribution < 1.29 is 4.39 Å². The molecule has 1 saturated carbocycles. The van der Waals surface area contributed by atoms with Gasteiger partial charge < -0.3 is 5.73 Å². The van der Waals surface area contributed by atoms with Gasteiger partial charge in [-0.25, -0.2) is 9.37 Å². The summed E-state index contributed by atoms with van der Waals surface area (Å²) in [5.74, 6) is 1.24. The molecule has 1 aliphatic carbocycles. The standard InChI is InChI=1S/C14H15FN2S2/c15-10-2-1-3-11(6-10)18-8-13-17-14(9-4-5-9)12(7-16)19-13/h1-3,6,9H,4-5,7-8,16H2. The highest BCUT2D eigenvalue weighted by molar-refractivity contribution is 7.98. The predicted octanol–water partition coefficient (Wildman–Crippen LogP) is 3.91. The lowest BCUT2D eigenvalue weighted by Crippen LogP contribution is -1.96. The van der Waals surface area contributed by atoms with E-state index in [1.165, 1.54) is 29.5 Å². The fraction of sp³-hybridized carbons (Fsp3) is 0.357. The van der Waals surface area contributed by atoms with E-state index in [-0.39, 0.29) is 5.82 Å². The summed E-state index contributed by atoms with van der Waals surface area (Å²) in [6, 6.07) is 6.68. The first-order chi connectivity index (χ1) is 9.26. The van der Waals surface area contributed by atoms with Gasteiger partial charge >= 0.3 is 0 Å². The maximum Gasteiger partial charge on any atom is 0.124 e. The second-order valence-electron chi connectivity index (χ2n) is 4.64. The Labute approximate surface area is 120 Å². The largest absolute Gasteiger partial charge is 0.326 e. The zero-order chi connectivity index (χ0) is 13.2. The molecule has 0 aliphatic heterocycles. The summed E-state index contributed by atoms with van der Waals surface area (Å²) in [5.41, 5.74) is 6.98. The zero-order valence-corrected chi connectivity index (χ0v) is 12.1. The maximum atomic E-state index is 13.1. The van der Waals surface area contributed by atoms with Crippen LogP contribution in [0.1, 0.15) is 34.3 Å². The molecule has 0 bridgehead atoms. The van der Waals surface area contributed by atoms with Crippen LogP contribution in [0.25, 0.3) is 0 Å². The lowest BCUT2D eigenvalue weighted by atomic mass is 10.2. The van der Waals surface area contributed by atoms with Crippen LogP contribution < -0.4 is 5.73 Å². The van der Waals surface area contributed by atoms with Gasteiger partial charge in [-0.05, 0) is 31.0 Å². The van der Waals surface area contributed by atoms with Crippen LogP contribution in [-0.2, 0) is 12.3 Å². The summed E-state index contributed by atoms with van der Waals surface area (Å²) in [6.07, 6.45) is 2.49. The van der Waals surface area contributed by atoms with E-state index in [1.807, 2.05) is 6.07 Å². The van der Waals surface area contributed by atoms with Crippen LogP contribution in [0, 0.1) is 5.82 Å². The van der Waals surface area contributed by atoms with Crippen LogP contribution in [0.2, 0.25) is 0 Å². The molecule has 1 aromatic carbocycles. The first-order valence-corrected chi connectivity index (χ1v) is 8.13. The molecule has 19 heavy (non-hydrogen) atoms. The van der Waals surface area contributed by atoms with E-state index in [4.69, 9.17) is 10.7 Å². The SMILES string of the molecule is NCc1sc(CSc2cccc(F)c2)nc1C1CC1. The second kappa shape index (κ2) is 5.61. The van der Waals surface area contributed by atoms with Gasteiger partial charge in [0.1, 0.15) is 10.8 Å². The zero-order valence-electron chi connectivity index (χ0n) is 10.4. The van der Waals surface area contributed by atoms with Gasteiger partial charge in [0, 0.05) is 22.2 Å². The van der Waals surface area contributed by atoms with Crippen LogP contribution in [0.4, 0.5) is 4.39 Å². The highest BCUT2D eigenvalue weighted by Crippen LogP contribution is 2.43. The summed E-state index contributed by atoms with van der Waals surface area (Å²) in [6.45, 7) is 0.578. The lowest BCUT2D eigenvalue weighted by Gasteiger charge is -1.98. The molecule has 100 valence electrons. The number of thioether (sulfide) groups is 1. The summed E-state index contributed by atoms with van der Waals surface area (Å²) in [5, 5.41) is 1.09. The smallest absolute Gasteiger partial charge is 0.124 e. The molecule has 1 fully saturated rings. The minimum Gasteiger partial charge on any atom is -0.326 e. The summed E-state index contributed by atoms with van der Waals surface area (Å²) in [4.78, 5) is 6.87. The fourth-order valence-electron chi connectivity index (χ4n) is 2.00. The Balaban J connectivity index is 1.69. The van der Waals surface area contributed by atoms with E-state index in [0.717, 1.165) is 15.7 Å². The van der Waals surface area contributed by atoms with E-state index in [0.29, 0.717) is 12.5 Å². The summed E-state index contributed by atoms with van der Waals surface area (Å²) in [7, 11) is 0. The highest BCUT2D eigenvalue weighted by Gasteiger charge is 2.29. The molecule has 2 nitrogen and oxygen atoms in total. The van der Waals surface area contributed by atoms with E-state index >= 15 is 0 Å². The molecule has 0 amide bonds. The second-order valence-corrected chi connectivity index (χ2v) is 6.86. The van der Waals surface area contributed by atoms with E-state index in [2.05, 4.69) is 0 Å². The molecule has 5 heteroatoms. The molecular formula is C14H15FN2S2. The fourth-order valence-corrected chi connectivity index (χ4v) is 3.97. The van der Waals surface area contributed by atoms with E-state index < -0.39 is 0 Å². The van der Waals surface area contributed by atoms with Gasteiger partial charge in [0.05, 0.1) is 11.4 Å². The molecule has 1 heterocycles. The van der Waals surface area contributed by atoms with E-state index in [9.17, 15) is 4.39 Å². The minimum absolute atomic E-state index is 0.189. The van der Waals surface area contributed by atoms with Crippen LogP contribution >= 0.6 is 23.1 Å². The van der Waals surface area contributed by atoms with Crippen molar-refractivity contribution in [1.29, 1.82) is 0 Å². The van der Waals surface area contributed by atoms with Gasteiger partial charge in [-0.2, -0.15) is 0 Å². The molecule has 0 unspecified atom stereocenters. The highest BCUT2D eigenvalue weighted by atomic mass is 32.2. The lowest BCUT2D eigenvalue weighted by molar-refractivity contribution is 0.624. The van der Waals surface area contributed by atoms with Crippen molar-refractivity contribution in [2.24, 2.45) is 5.73 Å². The topological polar surface area (TPSA) is 38.9 Å². The third-order valence-electron chi connectivity index (χ3n) is 3.08. The van der Waals surface area contributed by atoms with Crippen molar-refractivity contribution in [2.45, 2.75) is 36.0 Å². The van der Waals surface area contributed by atoms with Crippen molar-refractivity contribution in [3.8, 4) is 0 Å². The van der Waals surface area contributed by atoms with Crippen molar-refractivity contribution in [3.63, 3.8) is 0 Å². The number of rotatable bonds is 5. The Hall–Kier alpha value is -0.910. The monoisotopic (exact) mass is 294 g/mol. The Bertz CT molecular complexity index is 579. The number of hydrogen-bond donors (Lipinski definition) is 1. The quantitative estimate of drug-likeness (QED) is 0.850. The molecule has 0 atom stereocenters. The normalized spacial score (nSPS) is 14.8. The van der Waals surface area contributed by atoms with Gasteiger partial charge in [0.2, 0.25) is 0 Å². The van der Waals surface area contributed by atoms with Crippen molar-refractivity contribution in [1.82, 2.24) is 4.98 Å². The minimum atomic E-state index is -0.189. The molecule has 1 aromatic heterocycles. The third kappa shape index (κ3) is 3.16. The number of thiazole rings is 1.